The molecule has 0 fully saturated rings. The molecule has 1 heterocycles. The van der Waals surface area contributed by atoms with E-state index in [1.54, 1.807) is 12.1 Å². The molecule has 1 atom stereocenters. The van der Waals surface area contributed by atoms with Crippen molar-refractivity contribution in [1.82, 2.24) is 15.6 Å². The summed E-state index contributed by atoms with van der Waals surface area (Å²) in [6.07, 6.45) is 4.71. The van der Waals surface area contributed by atoms with E-state index in [2.05, 4.69) is 15.6 Å². The number of benzene rings is 2. The van der Waals surface area contributed by atoms with Gasteiger partial charge in [-0.05, 0) is 19.3 Å². The van der Waals surface area contributed by atoms with Crippen molar-refractivity contribution in [2.24, 2.45) is 0 Å². The summed E-state index contributed by atoms with van der Waals surface area (Å²) in [5.74, 6) is -0.280. The maximum atomic E-state index is 13.1. The van der Waals surface area contributed by atoms with Crippen molar-refractivity contribution in [3.8, 4) is 10.6 Å². The average Bonchev–Trinajstić information content (AvgIpc) is 3.45. The molecule has 0 spiro atoms. The minimum absolute atomic E-state index is 0.00236. The fraction of sp³-hybridized carbons (Fsp3) is 0.387. The predicted molar refractivity (Wildman–Crippen MR) is 154 cm³/mol. The molecule has 0 radical (unpaired) electrons. The molecule has 39 heavy (non-hydrogen) atoms. The van der Waals surface area contributed by atoms with Crippen molar-refractivity contribution < 1.29 is 19.2 Å². The van der Waals surface area contributed by atoms with Crippen LogP contribution < -0.4 is 10.6 Å². The van der Waals surface area contributed by atoms with Gasteiger partial charge in [-0.2, -0.15) is 0 Å². The molecule has 0 bridgehead atoms. The highest BCUT2D eigenvalue weighted by Gasteiger charge is 2.21. The summed E-state index contributed by atoms with van der Waals surface area (Å²) in [7, 11) is 0. The van der Waals surface area contributed by atoms with Crippen LogP contribution in [-0.2, 0) is 20.9 Å². The predicted octanol–water partition coefficient (Wildman–Crippen LogP) is 5.89. The molecule has 0 aliphatic rings. The van der Waals surface area contributed by atoms with Gasteiger partial charge in [0.1, 0.15) is 16.8 Å². The van der Waals surface area contributed by atoms with Gasteiger partial charge >= 0.3 is 0 Å². The molecule has 2 N–H and O–H groups in total. The highest BCUT2D eigenvalue weighted by Crippen LogP contribution is 2.23. The standard InChI is InChI=1S/C31H37N3O4S/c1-2-26(35)17-10-5-11-18-27(34-29(37)20-12-19-28(36)23-13-6-3-7-14-23)30(38)32-21-25-22-39-31(33-25)24-15-8-4-9-16-24/h3-4,6-9,13-16,22,27H,2,5,10-12,17-21H2,1H3,(H,32,38)(H,34,37)/t27-/m0/s1. The van der Waals surface area contributed by atoms with E-state index in [1.165, 1.54) is 11.3 Å². The van der Waals surface area contributed by atoms with Gasteiger partial charge in [0.25, 0.3) is 0 Å². The lowest BCUT2D eigenvalue weighted by Gasteiger charge is -2.18. The molecule has 1 aromatic heterocycles. The number of rotatable bonds is 17. The third kappa shape index (κ3) is 10.6. The van der Waals surface area contributed by atoms with Crippen LogP contribution in [-0.4, -0.2) is 34.4 Å². The van der Waals surface area contributed by atoms with Gasteiger partial charge in [-0.25, -0.2) is 4.98 Å². The zero-order valence-electron chi connectivity index (χ0n) is 22.5. The second kappa shape index (κ2) is 16.3. The van der Waals surface area contributed by atoms with Crippen LogP contribution in [0.25, 0.3) is 10.6 Å². The lowest BCUT2D eigenvalue weighted by Crippen LogP contribution is -2.46. The van der Waals surface area contributed by atoms with Crippen LogP contribution in [0.15, 0.2) is 66.0 Å². The Balaban J connectivity index is 1.50. The molecule has 2 aromatic carbocycles. The van der Waals surface area contributed by atoms with Crippen LogP contribution in [0.3, 0.4) is 0 Å². The first-order chi connectivity index (χ1) is 19.0. The third-order valence-electron chi connectivity index (χ3n) is 6.41. The van der Waals surface area contributed by atoms with Gasteiger partial charge in [0.05, 0.1) is 12.2 Å². The topological polar surface area (TPSA) is 105 Å². The van der Waals surface area contributed by atoms with E-state index in [1.807, 2.05) is 60.8 Å². The minimum atomic E-state index is -0.684. The Labute approximate surface area is 234 Å². The summed E-state index contributed by atoms with van der Waals surface area (Å²) in [5, 5.41) is 8.58. The molecule has 0 aliphatic heterocycles. The van der Waals surface area contributed by atoms with Crippen molar-refractivity contribution in [3.63, 3.8) is 0 Å². The first-order valence-corrected chi connectivity index (χ1v) is 14.5. The number of Topliss-reactive ketones (excluding diaryl/α,β-unsaturated/α-hetero) is 2. The molecule has 0 aliphatic carbocycles. The molecule has 0 saturated carbocycles. The van der Waals surface area contributed by atoms with Crippen LogP contribution in [0.4, 0.5) is 0 Å². The monoisotopic (exact) mass is 547 g/mol. The van der Waals surface area contributed by atoms with Crippen LogP contribution in [0.5, 0.6) is 0 Å². The molecule has 3 aromatic rings. The molecule has 7 nitrogen and oxygen atoms in total. The molecule has 8 heteroatoms. The number of carbonyl (C=O) groups is 4. The number of hydrogen-bond donors (Lipinski definition) is 2. The number of ketones is 2. The molecule has 0 saturated heterocycles. The Morgan fingerprint density at radius 3 is 2.28 bits per heavy atom. The Morgan fingerprint density at radius 2 is 1.56 bits per heavy atom. The Morgan fingerprint density at radius 1 is 0.846 bits per heavy atom. The summed E-state index contributed by atoms with van der Waals surface area (Å²) in [6.45, 7) is 2.13. The van der Waals surface area contributed by atoms with Gasteiger partial charge in [-0.3, -0.25) is 19.2 Å². The summed E-state index contributed by atoms with van der Waals surface area (Å²) >= 11 is 1.52. The van der Waals surface area contributed by atoms with Crippen molar-refractivity contribution in [2.45, 2.75) is 77.3 Å². The lowest BCUT2D eigenvalue weighted by molar-refractivity contribution is -0.129. The number of unbranched alkanes of at least 4 members (excludes halogenated alkanes) is 2. The van der Waals surface area contributed by atoms with E-state index < -0.39 is 6.04 Å². The van der Waals surface area contributed by atoms with Gasteiger partial charge in [0, 0.05) is 42.2 Å². The van der Waals surface area contributed by atoms with E-state index in [9.17, 15) is 19.2 Å². The zero-order chi connectivity index (χ0) is 27.9. The second-order valence-electron chi connectivity index (χ2n) is 9.48. The highest BCUT2D eigenvalue weighted by molar-refractivity contribution is 7.13. The van der Waals surface area contributed by atoms with Crippen molar-refractivity contribution in [1.29, 1.82) is 0 Å². The average molecular weight is 548 g/mol. The van der Waals surface area contributed by atoms with E-state index in [-0.39, 0.29) is 42.8 Å². The number of carbonyl (C=O) groups excluding carboxylic acids is 4. The first-order valence-electron chi connectivity index (χ1n) is 13.6. The van der Waals surface area contributed by atoms with Gasteiger partial charge in [0.15, 0.2) is 5.78 Å². The Bertz CT molecular complexity index is 1210. The molecular formula is C31H37N3O4S. The van der Waals surface area contributed by atoms with Crippen LogP contribution in [0, 0.1) is 0 Å². The largest absolute Gasteiger partial charge is 0.349 e. The van der Waals surface area contributed by atoms with Gasteiger partial charge in [-0.15, -0.1) is 11.3 Å². The SMILES string of the molecule is CCC(=O)CCCCC[C@H](NC(=O)CCCC(=O)c1ccccc1)C(=O)NCc1csc(-c2ccccc2)n1. The van der Waals surface area contributed by atoms with E-state index in [0.29, 0.717) is 31.2 Å². The van der Waals surface area contributed by atoms with Crippen LogP contribution >= 0.6 is 11.3 Å². The van der Waals surface area contributed by atoms with Gasteiger partial charge < -0.3 is 10.6 Å². The third-order valence-corrected chi connectivity index (χ3v) is 7.35. The molecule has 0 unspecified atom stereocenters. The van der Waals surface area contributed by atoms with Gasteiger partial charge in [-0.1, -0.05) is 80.4 Å². The highest BCUT2D eigenvalue weighted by atomic mass is 32.1. The van der Waals surface area contributed by atoms with Gasteiger partial charge in [0.2, 0.25) is 11.8 Å². The lowest BCUT2D eigenvalue weighted by atomic mass is 10.0. The van der Waals surface area contributed by atoms with Crippen LogP contribution in [0.2, 0.25) is 0 Å². The maximum absolute atomic E-state index is 13.1. The quantitative estimate of drug-likeness (QED) is 0.162. The number of thiazole rings is 1. The number of hydrogen-bond acceptors (Lipinski definition) is 6. The molecule has 206 valence electrons. The van der Waals surface area contributed by atoms with E-state index in [4.69, 9.17) is 0 Å². The summed E-state index contributed by atoms with van der Waals surface area (Å²) in [5.41, 5.74) is 2.42. The van der Waals surface area contributed by atoms with Crippen LogP contribution in [0.1, 0.15) is 80.8 Å². The minimum Gasteiger partial charge on any atom is -0.349 e. The number of nitrogens with one attached hydrogen (secondary N) is 2. The normalized spacial score (nSPS) is 11.5. The first kappa shape index (κ1) is 29.9. The van der Waals surface area contributed by atoms with Crippen molar-refractivity contribution in [3.05, 3.63) is 77.3 Å². The summed E-state index contributed by atoms with van der Waals surface area (Å²) < 4.78 is 0. The van der Waals surface area contributed by atoms with Crippen molar-refractivity contribution >= 4 is 34.7 Å². The van der Waals surface area contributed by atoms with E-state index >= 15 is 0 Å². The number of aromatic nitrogens is 1. The summed E-state index contributed by atoms with van der Waals surface area (Å²) in [6, 6.07) is 18.2. The molecule has 3 rings (SSSR count). The second-order valence-corrected chi connectivity index (χ2v) is 10.3. The molecular weight excluding hydrogens is 510 g/mol. The number of amides is 2. The Kier molecular flexibility index (Phi) is 12.5. The van der Waals surface area contributed by atoms with E-state index in [0.717, 1.165) is 35.5 Å². The Hall–Kier alpha value is -3.65. The fourth-order valence-corrected chi connectivity index (χ4v) is 4.97. The zero-order valence-corrected chi connectivity index (χ0v) is 23.3. The summed E-state index contributed by atoms with van der Waals surface area (Å²) in [4.78, 5) is 54.2. The van der Waals surface area contributed by atoms with Crippen molar-refractivity contribution in [2.75, 3.05) is 0 Å². The smallest absolute Gasteiger partial charge is 0.242 e. The maximum Gasteiger partial charge on any atom is 0.242 e. The number of nitrogens with zero attached hydrogens (tertiary/aromatic N) is 1. The molecule has 2 amide bonds. The fourth-order valence-electron chi connectivity index (χ4n) is 4.14.